The van der Waals surface area contributed by atoms with Gasteiger partial charge in [0.1, 0.15) is 0 Å². The summed E-state index contributed by atoms with van der Waals surface area (Å²) in [5.41, 5.74) is 0. The molecule has 0 fully saturated rings. The highest BCUT2D eigenvalue weighted by molar-refractivity contribution is 8.00. The first-order chi connectivity index (χ1) is 9.20. The van der Waals surface area contributed by atoms with E-state index in [0.29, 0.717) is 17.7 Å². The third-order valence-electron chi connectivity index (χ3n) is 2.21. The van der Waals surface area contributed by atoms with E-state index in [1.165, 1.54) is 23.1 Å². The van der Waals surface area contributed by atoms with Gasteiger partial charge in [-0.1, -0.05) is 23.9 Å². The van der Waals surface area contributed by atoms with E-state index >= 15 is 0 Å². The number of amides is 1. The van der Waals surface area contributed by atoms with E-state index < -0.39 is 0 Å². The summed E-state index contributed by atoms with van der Waals surface area (Å²) in [7, 11) is 0. The van der Waals surface area contributed by atoms with Crippen LogP contribution in [0.2, 0.25) is 0 Å². The van der Waals surface area contributed by atoms with Crippen LogP contribution in [0, 0.1) is 0 Å². The zero-order chi connectivity index (χ0) is 13.7. The summed E-state index contributed by atoms with van der Waals surface area (Å²) in [6.45, 7) is 5.79. The molecule has 0 unspecified atom stereocenters. The van der Waals surface area contributed by atoms with Gasteiger partial charge in [-0.3, -0.25) is 4.79 Å². The highest BCUT2D eigenvalue weighted by Gasteiger charge is 2.18. The number of nitrogens with zero attached hydrogens (tertiary/aromatic N) is 2. The number of carbonyl (C=O) groups is 1. The van der Waals surface area contributed by atoms with E-state index in [2.05, 4.69) is 22.1 Å². The minimum absolute atomic E-state index is 0.0826. The van der Waals surface area contributed by atoms with Crippen molar-refractivity contribution in [2.24, 2.45) is 0 Å². The Morgan fingerprint density at radius 3 is 3.21 bits per heavy atom. The summed E-state index contributed by atoms with van der Waals surface area (Å²) in [6.07, 6.45) is 1.64. The van der Waals surface area contributed by atoms with E-state index in [1.54, 1.807) is 13.0 Å². The second-order valence-electron chi connectivity index (χ2n) is 3.64. The molecular weight excluding hydrogens is 282 g/mol. The van der Waals surface area contributed by atoms with E-state index in [9.17, 15) is 4.79 Å². The van der Waals surface area contributed by atoms with Crippen molar-refractivity contribution < 1.29 is 9.21 Å². The van der Waals surface area contributed by atoms with Gasteiger partial charge >= 0.3 is 0 Å². The lowest BCUT2D eigenvalue weighted by Gasteiger charge is -2.07. The van der Waals surface area contributed by atoms with Crippen molar-refractivity contribution in [2.45, 2.75) is 17.4 Å². The van der Waals surface area contributed by atoms with Crippen molar-refractivity contribution in [2.75, 3.05) is 6.54 Å². The van der Waals surface area contributed by atoms with Crippen molar-refractivity contribution in [3.8, 4) is 10.8 Å². The molecule has 2 aromatic heterocycles. The van der Waals surface area contributed by atoms with Crippen LogP contribution in [0.1, 0.15) is 6.92 Å². The topological polar surface area (TPSA) is 68.0 Å². The molecule has 0 saturated heterocycles. The molecule has 0 spiro atoms. The van der Waals surface area contributed by atoms with E-state index in [4.69, 9.17) is 4.42 Å². The Labute approximate surface area is 119 Å². The van der Waals surface area contributed by atoms with Crippen molar-refractivity contribution in [3.63, 3.8) is 0 Å². The number of hydrogen-bond donors (Lipinski definition) is 1. The van der Waals surface area contributed by atoms with Crippen LogP contribution in [0.4, 0.5) is 0 Å². The van der Waals surface area contributed by atoms with Crippen LogP contribution < -0.4 is 5.32 Å². The number of hydrogen-bond acceptors (Lipinski definition) is 6. The Kier molecular flexibility index (Phi) is 4.75. The summed E-state index contributed by atoms with van der Waals surface area (Å²) < 4.78 is 5.50. The largest absolute Gasteiger partial charge is 0.410 e. The molecule has 0 bridgehead atoms. The van der Waals surface area contributed by atoms with Gasteiger partial charge in [0.15, 0.2) is 0 Å². The summed E-state index contributed by atoms with van der Waals surface area (Å²) >= 11 is 2.77. The lowest BCUT2D eigenvalue weighted by molar-refractivity contribution is -0.120. The van der Waals surface area contributed by atoms with E-state index in [-0.39, 0.29) is 11.2 Å². The highest BCUT2D eigenvalue weighted by atomic mass is 32.2. The Balaban J connectivity index is 1.96. The lowest BCUT2D eigenvalue weighted by atomic mass is 10.4. The van der Waals surface area contributed by atoms with Crippen LogP contribution in [0.15, 0.2) is 39.8 Å². The molecule has 19 heavy (non-hydrogen) atoms. The standard InChI is InChI=1S/C12H13N3O2S2/c1-3-6-13-10(16)8(2)19-12-15-14-11(17-12)9-5-4-7-18-9/h3-5,7-8H,1,6H2,2H3,(H,13,16)/t8-/m0/s1. The molecular formula is C12H13N3O2S2. The second kappa shape index (κ2) is 6.53. The molecule has 0 aliphatic heterocycles. The molecule has 0 radical (unpaired) electrons. The summed E-state index contributed by atoms with van der Waals surface area (Å²) in [4.78, 5) is 12.6. The average molecular weight is 295 g/mol. The fourth-order valence-electron chi connectivity index (χ4n) is 1.28. The van der Waals surface area contributed by atoms with Gasteiger partial charge in [0, 0.05) is 6.54 Å². The van der Waals surface area contributed by atoms with Crippen molar-refractivity contribution in [1.29, 1.82) is 0 Å². The van der Waals surface area contributed by atoms with Gasteiger partial charge < -0.3 is 9.73 Å². The van der Waals surface area contributed by atoms with Crippen LogP contribution >= 0.6 is 23.1 Å². The molecule has 100 valence electrons. The number of thioether (sulfide) groups is 1. The quantitative estimate of drug-likeness (QED) is 0.655. The van der Waals surface area contributed by atoms with Crippen LogP contribution in [0.3, 0.4) is 0 Å². The second-order valence-corrected chi connectivity index (χ2v) is 5.88. The molecule has 0 aliphatic rings. The van der Waals surface area contributed by atoms with Crippen molar-refractivity contribution >= 4 is 29.0 Å². The monoisotopic (exact) mass is 295 g/mol. The molecule has 1 amide bonds. The molecule has 5 nitrogen and oxygen atoms in total. The fourth-order valence-corrected chi connectivity index (χ4v) is 2.63. The molecule has 1 atom stereocenters. The predicted molar refractivity (Wildman–Crippen MR) is 76.1 cm³/mol. The SMILES string of the molecule is C=CCNC(=O)[C@H](C)Sc1nnc(-c2cccs2)o1. The van der Waals surface area contributed by atoms with Gasteiger partial charge in [-0.25, -0.2) is 0 Å². The Hall–Kier alpha value is -1.60. The van der Waals surface area contributed by atoms with Gasteiger partial charge in [0.05, 0.1) is 10.1 Å². The van der Waals surface area contributed by atoms with Gasteiger partial charge in [-0.2, -0.15) is 0 Å². The smallest absolute Gasteiger partial charge is 0.277 e. The fraction of sp³-hybridized carbons (Fsp3) is 0.250. The molecule has 7 heteroatoms. The number of rotatable bonds is 6. The number of aromatic nitrogens is 2. The average Bonchev–Trinajstić information content (AvgIpc) is 3.05. The Bertz CT molecular complexity index is 551. The first kappa shape index (κ1) is 13.8. The number of carbonyl (C=O) groups excluding carboxylic acids is 1. The van der Waals surface area contributed by atoms with Gasteiger partial charge in [0.2, 0.25) is 5.91 Å². The zero-order valence-corrected chi connectivity index (χ0v) is 12.0. The summed E-state index contributed by atoms with van der Waals surface area (Å²) in [6, 6.07) is 3.83. The summed E-state index contributed by atoms with van der Waals surface area (Å²) in [5, 5.41) is 12.6. The molecule has 0 saturated carbocycles. The first-order valence-electron chi connectivity index (χ1n) is 5.63. The predicted octanol–water partition coefficient (Wildman–Crippen LogP) is 2.58. The van der Waals surface area contributed by atoms with Crippen LogP contribution in [-0.2, 0) is 4.79 Å². The Morgan fingerprint density at radius 2 is 2.53 bits per heavy atom. The highest BCUT2D eigenvalue weighted by Crippen LogP contribution is 2.28. The van der Waals surface area contributed by atoms with Crippen LogP contribution in [0.5, 0.6) is 0 Å². The maximum atomic E-state index is 11.7. The number of nitrogens with one attached hydrogen (secondary N) is 1. The maximum absolute atomic E-state index is 11.7. The van der Waals surface area contributed by atoms with Crippen LogP contribution in [-0.4, -0.2) is 27.9 Å². The van der Waals surface area contributed by atoms with Crippen molar-refractivity contribution in [1.82, 2.24) is 15.5 Å². The molecule has 2 aromatic rings. The minimum atomic E-state index is -0.295. The molecule has 2 rings (SSSR count). The zero-order valence-electron chi connectivity index (χ0n) is 10.3. The van der Waals surface area contributed by atoms with Crippen LogP contribution in [0.25, 0.3) is 10.8 Å². The normalized spacial score (nSPS) is 12.1. The Morgan fingerprint density at radius 1 is 1.68 bits per heavy atom. The third-order valence-corrected chi connectivity index (χ3v) is 4.00. The molecule has 0 aliphatic carbocycles. The van der Waals surface area contributed by atoms with E-state index in [1.807, 2.05) is 17.5 Å². The number of thiophene rings is 1. The minimum Gasteiger partial charge on any atom is -0.410 e. The van der Waals surface area contributed by atoms with Gasteiger partial charge in [0.25, 0.3) is 11.1 Å². The molecule has 2 heterocycles. The summed E-state index contributed by atoms with van der Waals surface area (Å²) in [5.74, 6) is 0.400. The maximum Gasteiger partial charge on any atom is 0.277 e. The lowest BCUT2D eigenvalue weighted by Crippen LogP contribution is -2.30. The molecule has 1 N–H and O–H groups in total. The van der Waals surface area contributed by atoms with E-state index in [0.717, 1.165) is 4.88 Å². The van der Waals surface area contributed by atoms with Gasteiger partial charge in [-0.05, 0) is 18.4 Å². The van der Waals surface area contributed by atoms with Gasteiger partial charge in [-0.15, -0.1) is 28.1 Å². The first-order valence-corrected chi connectivity index (χ1v) is 7.39. The third kappa shape index (κ3) is 3.68. The van der Waals surface area contributed by atoms with Crippen molar-refractivity contribution in [3.05, 3.63) is 30.2 Å². The molecule has 0 aromatic carbocycles.